The van der Waals surface area contributed by atoms with Crippen LogP contribution in [0.1, 0.15) is 2.85 Å². The van der Waals surface area contributed by atoms with Crippen LogP contribution in [0.15, 0.2) is 0 Å². The van der Waals surface area contributed by atoms with E-state index in [1.54, 1.807) is 0 Å². The number of rotatable bonds is 0. The first kappa shape index (κ1) is 16.8. The van der Waals surface area contributed by atoms with E-state index in [9.17, 15) is 0 Å². The van der Waals surface area contributed by atoms with Gasteiger partial charge in [0.1, 0.15) is 0 Å². The normalized spacial score (nSPS) is 8.43. The van der Waals surface area contributed by atoms with E-state index < -0.39 is 7.82 Å². The van der Waals surface area contributed by atoms with Crippen molar-refractivity contribution in [3.8, 4) is 0 Å². The fraction of sp³-hybridized carbons (Fsp3) is 0. The molecule has 0 aliphatic rings. The van der Waals surface area contributed by atoms with E-state index >= 15 is 0 Å². The van der Waals surface area contributed by atoms with Gasteiger partial charge in [0, 0.05) is 0 Å². The third-order valence-corrected chi connectivity index (χ3v) is 0. The molecule has 7 heavy (non-hydrogen) atoms. The minimum Gasteiger partial charge on any atom is -0.303 e. The monoisotopic (exact) mass is 178 g/mol. The molecule has 0 aliphatic carbocycles. The smallest absolute Gasteiger partial charge is 0.303 e. The van der Waals surface area contributed by atoms with E-state index in [1.165, 1.54) is 0 Å². The summed E-state index contributed by atoms with van der Waals surface area (Å²) >= 11 is 0. The second-order valence-corrected chi connectivity index (χ2v) is 1.54. The Kier molecular flexibility index (Phi) is 17.9. The quantitative estimate of drug-likeness (QED) is 0.254. The molecule has 3 N–H and O–H groups in total. The molecule has 0 rings (SSSR count). The first-order valence-electron chi connectivity index (χ1n) is 0.783. The van der Waals surface area contributed by atoms with Crippen LogP contribution in [-0.2, 0) is 4.57 Å². The first-order chi connectivity index (χ1) is 2.00. The van der Waals surface area contributed by atoms with Gasteiger partial charge in [0.2, 0.25) is 0 Å². The topological polar surface area (TPSA) is 77.8 Å². The van der Waals surface area contributed by atoms with Crippen LogP contribution in [0.2, 0.25) is 0 Å². The molecule has 0 amide bonds. The summed E-state index contributed by atoms with van der Waals surface area (Å²) in [6.45, 7) is 0. The van der Waals surface area contributed by atoms with Crippen molar-refractivity contribution >= 4 is 7.82 Å². The van der Waals surface area contributed by atoms with Gasteiger partial charge in [-0.05, 0) is 0 Å². The number of phosphoric acid groups is 1. The number of hydrogen-bond donors (Lipinski definition) is 3. The van der Waals surface area contributed by atoms with Crippen LogP contribution in [0.4, 0.5) is 0 Å². The molecule has 0 fully saturated rings. The minimum atomic E-state index is -4.64. The van der Waals surface area contributed by atoms with Gasteiger partial charge in [0.05, 0.1) is 0 Å². The maximum absolute atomic E-state index is 8.88. The van der Waals surface area contributed by atoms with Gasteiger partial charge in [0.25, 0.3) is 0 Å². The van der Waals surface area contributed by atoms with Crippen molar-refractivity contribution in [2.45, 2.75) is 0 Å². The third kappa shape index (κ3) is 44.7. The summed E-state index contributed by atoms with van der Waals surface area (Å²) in [4.78, 5) is 21.6. The largest absolute Gasteiger partial charge is 1.00 e. The van der Waals surface area contributed by atoms with Crippen LogP contribution in [0.25, 0.3) is 0 Å². The summed E-state index contributed by atoms with van der Waals surface area (Å²) in [6, 6.07) is 0. The van der Waals surface area contributed by atoms with E-state index in [0.717, 1.165) is 0 Å². The summed E-state index contributed by atoms with van der Waals surface area (Å²) in [5.74, 6) is 0. The predicted octanol–water partition coefficient (Wildman–Crippen LogP) is -6.70. The van der Waals surface area contributed by atoms with Crippen molar-refractivity contribution in [2.75, 3.05) is 0 Å². The third-order valence-electron chi connectivity index (χ3n) is 0. The fourth-order valence-electron chi connectivity index (χ4n) is 0. The Hall–Kier alpha value is 3.38. The maximum atomic E-state index is 8.88. The molecular weight excluding hydrogens is 173 g/mol. The van der Waals surface area contributed by atoms with Gasteiger partial charge in [-0.15, -0.1) is 0 Å². The van der Waals surface area contributed by atoms with Crippen LogP contribution < -0.4 is 103 Å². The van der Waals surface area contributed by atoms with Gasteiger partial charge in [-0.25, -0.2) is 4.57 Å². The van der Waals surface area contributed by atoms with Crippen LogP contribution >= 0.6 is 7.82 Å². The van der Waals surface area contributed by atoms with Crippen molar-refractivity contribution in [3.05, 3.63) is 0 Å². The van der Waals surface area contributed by atoms with E-state index in [0.29, 0.717) is 0 Å². The molecule has 0 aromatic heterocycles. The molecule has 0 saturated carbocycles. The Morgan fingerprint density at radius 1 is 1.14 bits per heavy atom. The van der Waals surface area contributed by atoms with Gasteiger partial charge in [0.15, 0.2) is 0 Å². The average molecular weight is 178 g/mol. The van der Waals surface area contributed by atoms with Crippen LogP contribution in [0.3, 0.4) is 0 Å². The van der Waals surface area contributed by atoms with Gasteiger partial charge in [-0.1, -0.05) is 0 Å². The SMILES string of the molecule is O=P(O)(O)O.[H+].[H+].[K+].[K+]. The van der Waals surface area contributed by atoms with Crippen LogP contribution in [0, 0.1) is 0 Å². The second kappa shape index (κ2) is 7.49. The van der Waals surface area contributed by atoms with Gasteiger partial charge < -0.3 is 14.7 Å². The van der Waals surface area contributed by atoms with Crippen molar-refractivity contribution in [3.63, 3.8) is 0 Å². The molecule has 0 atom stereocenters. The zero-order valence-corrected chi connectivity index (χ0v) is 11.3. The van der Waals surface area contributed by atoms with Crippen molar-refractivity contribution in [2.24, 2.45) is 0 Å². The molecule has 4 nitrogen and oxygen atoms in total. The van der Waals surface area contributed by atoms with E-state index in [2.05, 4.69) is 0 Å². The second-order valence-electron chi connectivity index (χ2n) is 0.513. The average Bonchev–Trinajstić information content (AvgIpc) is 0.722. The first-order valence-corrected chi connectivity index (χ1v) is 2.35. The number of hydrogen-bond acceptors (Lipinski definition) is 1. The summed E-state index contributed by atoms with van der Waals surface area (Å²) in [5, 5.41) is 0. The summed E-state index contributed by atoms with van der Waals surface area (Å²) in [6.07, 6.45) is 0. The van der Waals surface area contributed by atoms with Gasteiger partial charge in [-0.2, -0.15) is 0 Å². The molecule has 0 radical (unpaired) electrons. The zero-order chi connectivity index (χ0) is 4.50. The summed E-state index contributed by atoms with van der Waals surface area (Å²) in [7, 11) is -4.64. The molecule has 32 valence electrons. The Balaban J connectivity index is -0.0000000133. The Bertz CT molecular complexity index is 62.7. The molecule has 0 aromatic rings. The van der Waals surface area contributed by atoms with E-state index in [4.69, 9.17) is 19.2 Å². The Labute approximate surface area is 129 Å². The molecular formula is H5K2O4P+4. The van der Waals surface area contributed by atoms with E-state index in [-0.39, 0.29) is 106 Å². The molecule has 0 aromatic carbocycles. The summed E-state index contributed by atoms with van der Waals surface area (Å²) < 4.78 is 8.88. The molecule has 0 unspecified atom stereocenters. The summed E-state index contributed by atoms with van der Waals surface area (Å²) in [5.41, 5.74) is 0. The molecule has 0 spiro atoms. The fourth-order valence-corrected chi connectivity index (χ4v) is 0. The maximum Gasteiger partial charge on any atom is 1.00 e. The van der Waals surface area contributed by atoms with Crippen molar-refractivity contribution in [1.82, 2.24) is 0 Å². The van der Waals surface area contributed by atoms with Crippen LogP contribution in [-0.4, -0.2) is 14.7 Å². The Morgan fingerprint density at radius 3 is 1.14 bits per heavy atom. The standard InChI is InChI=1S/2K.H3O4P/c;;1-5(2,3)4/h;;(H3,1,2,3,4)/q2*+1;/p+2. The van der Waals surface area contributed by atoms with Crippen LogP contribution in [0.5, 0.6) is 0 Å². The molecule has 0 aliphatic heterocycles. The van der Waals surface area contributed by atoms with Crippen molar-refractivity contribution in [1.29, 1.82) is 0 Å². The van der Waals surface area contributed by atoms with E-state index in [1.807, 2.05) is 0 Å². The predicted molar refractivity (Wildman–Crippen MR) is 16.5 cm³/mol. The van der Waals surface area contributed by atoms with Gasteiger partial charge >= 0.3 is 113 Å². The van der Waals surface area contributed by atoms with Gasteiger partial charge in [-0.3, -0.25) is 0 Å². The molecule has 0 saturated heterocycles. The minimum absolute atomic E-state index is 0. The molecule has 0 heterocycles. The zero-order valence-electron chi connectivity index (χ0n) is 6.20. The molecule has 0 bridgehead atoms. The van der Waals surface area contributed by atoms with Crippen molar-refractivity contribution < 1.29 is 125 Å². The molecule has 7 heteroatoms. The Morgan fingerprint density at radius 2 is 1.14 bits per heavy atom.